The molecule has 1 atom stereocenters. The molecule has 96 valence electrons. The number of thiophene rings is 1. The third kappa shape index (κ3) is 2.35. The molecule has 3 aromatic heterocycles. The van der Waals surface area contributed by atoms with Gasteiger partial charge in [-0.05, 0) is 41.6 Å². The second-order valence-electron chi connectivity index (χ2n) is 4.41. The minimum atomic E-state index is -0.0906. The number of aryl methyl sites for hydroxylation is 1. The molecule has 5 heteroatoms. The molecule has 0 aromatic carbocycles. The normalized spacial score (nSPS) is 12.7. The first kappa shape index (κ1) is 12.2. The maximum Gasteiger partial charge on any atom is 0.0809 e. The van der Waals surface area contributed by atoms with Crippen molar-refractivity contribution < 1.29 is 0 Å². The predicted molar refractivity (Wildman–Crippen MR) is 77.8 cm³/mol. The Kier molecular flexibility index (Phi) is 3.25. The molecule has 3 heterocycles. The molecule has 4 nitrogen and oxygen atoms in total. The molecule has 0 bridgehead atoms. The largest absolute Gasteiger partial charge is 0.271 e. The van der Waals surface area contributed by atoms with Crippen LogP contribution in [0.3, 0.4) is 0 Å². The lowest BCUT2D eigenvalue weighted by atomic mass is 10.0. The smallest absolute Gasteiger partial charge is 0.0809 e. The molecule has 19 heavy (non-hydrogen) atoms. The molecule has 0 radical (unpaired) electrons. The zero-order chi connectivity index (χ0) is 13.2. The van der Waals surface area contributed by atoms with Gasteiger partial charge in [0.1, 0.15) is 0 Å². The summed E-state index contributed by atoms with van der Waals surface area (Å²) in [6.07, 6.45) is 3.71. The van der Waals surface area contributed by atoms with Crippen LogP contribution in [-0.4, -0.2) is 9.97 Å². The van der Waals surface area contributed by atoms with Gasteiger partial charge in [-0.3, -0.25) is 15.8 Å². The summed E-state index contributed by atoms with van der Waals surface area (Å²) >= 11 is 1.68. The van der Waals surface area contributed by atoms with Crippen molar-refractivity contribution in [2.45, 2.75) is 13.0 Å². The van der Waals surface area contributed by atoms with E-state index in [4.69, 9.17) is 5.84 Å². The van der Waals surface area contributed by atoms with E-state index in [1.165, 1.54) is 0 Å². The van der Waals surface area contributed by atoms with Crippen LogP contribution in [0.4, 0.5) is 0 Å². The van der Waals surface area contributed by atoms with E-state index < -0.39 is 0 Å². The highest BCUT2D eigenvalue weighted by molar-refractivity contribution is 7.17. The number of hydrogen-bond donors (Lipinski definition) is 2. The number of pyridine rings is 2. The van der Waals surface area contributed by atoms with Crippen LogP contribution in [0, 0.1) is 6.92 Å². The van der Waals surface area contributed by atoms with Gasteiger partial charge in [0.05, 0.1) is 16.3 Å². The van der Waals surface area contributed by atoms with Crippen LogP contribution >= 0.6 is 11.3 Å². The Labute approximate surface area is 115 Å². The van der Waals surface area contributed by atoms with Crippen molar-refractivity contribution in [1.82, 2.24) is 15.4 Å². The molecule has 0 aliphatic rings. The van der Waals surface area contributed by atoms with E-state index in [1.807, 2.05) is 42.9 Å². The first-order valence-corrected chi connectivity index (χ1v) is 6.88. The van der Waals surface area contributed by atoms with Gasteiger partial charge in [0.25, 0.3) is 0 Å². The van der Waals surface area contributed by atoms with E-state index in [1.54, 1.807) is 11.3 Å². The van der Waals surface area contributed by atoms with Gasteiger partial charge < -0.3 is 0 Å². The Balaban J connectivity index is 2.03. The highest BCUT2D eigenvalue weighted by Gasteiger charge is 2.14. The van der Waals surface area contributed by atoms with Crippen LogP contribution in [0.1, 0.15) is 22.9 Å². The lowest BCUT2D eigenvalue weighted by Gasteiger charge is -2.16. The number of hydrogen-bond acceptors (Lipinski definition) is 5. The van der Waals surface area contributed by atoms with Gasteiger partial charge in [-0.2, -0.15) is 0 Å². The van der Waals surface area contributed by atoms with E-state index in [0.29, 0.717) is 0 Å². The second kappa shape index (κ2) is 5.05. The summed E-state index contributed by atoms with van der Waals surface area (Å²) in [6, 6.07) is 8.06. The molecule has 1 unspecified atom stereocenters. The Bertz CT molecular complexity index is 690. The summed E-state index contributed by atoms with van der Waals surface area (Å²) in [5.41, 5.74) is 6.93. The van der Waals surface area contributed by atoms with Gasteiger partial charge in [0.2, 0.25) is 0 Å². The van der Waals surface area contributed by atoms with Crippen molar-refractivity contribution in [3.63, 3.8) is 0 Å². The first-order valence-electron chi connectivity index (χ1n) is 6.00. The van der Waals surface area contributed by atoms with E-state index >= 15 is 0 Å². The minimum Gasteiger partial charge on any atom is -0.271 e. The number of nitrogens with two attached hydrogens (primary N) is 1. The van der Waals surface area contributed by atoms with Gasteiger partial charge in [-0.1, -0.05) is 6.07 Å². The van der Waals surface area contributed by atoms with Crippen LogP contribution in [0.2, 0.25) is 0 Å². The molecular formula is C14H14N4S. The third-order valence-corrected chi connectivity index (χ3v) is 3.94. The van der Waals surface area contributed by atoms with Crippen LogP contribution in [-0.2, 0) is 0 Å². The van der Waals surface area contributed by atoms with Crippen molar-refractivity contribution in [2.24, 2.45) is 5.84 Å². The van der Waals surface area contributed by atoms with Crippen molar-refractivity contribution in [3.8, 4) is 0 Å². The molecule has 0 amide bonds. The monoisotopic (exact) mass is 270 g/mol. The highest BCUT2D eigenvalue weighted by atomic mass is 32.1. The quantitative estimate of drug-likeness (QED) is 0.567. The molecular weight excluding hydrogens is 256 g/mol. The van der Waals surface area contributed by atoms with Gasteiger partial charge in [0, 0.05) is 18.1 Å². The van der Waals surface area contributed by atoms with Gasteiger partial charge in [-0.25, -0.2) is 5.43 Å². The SMILES string of the molecule is Cc1ccc(C(NN)c2cnc3ccsc3c2)cn1. The van der Waals surface area contributed by atoms with Crippen molar-refractivity contribution >= 4 is 21.6 Å². The summed E-state index contributed by atoms with van der Waals surface area (Å²) in [5.74, 6) is 5.69. The summed E-state index contributed by atoms with van der Waals surface area (Å²) in [5, 5.41) is 2.04. The highest BCUT2D eigenvalue weighted by Crippen LogP contribution is 2.25. The molecule has 0 aliphatic carbocycles. The van der Waals surface area contributed by atoms with Crippen molar-refractivity contribution in [1.29, 1.82) is 0 Å². The summed E-state index contributed by atoms with van der Waals surface area (Å²) in [7, 11) is 0. The van der Waals surface area contributed by atoms with E-state index in [9.17, 15) is 0 Å². The number of fused-ring (bicyclic) bond motifs is 1. The molecule has 0 saturated carbocycles. The number of hydrazine groups is 1. The number of nitrogens with zero attached hydrogens (tertiary/aromatic N) is 2. The molecule has 0 saturated heterocycles. The minimum absolute atomic E-state index is 0.0906. The molecule has 0 spiro atoms. The van der Waals surface area contributed by atoms with Crippen LogP contribution in [0.25, 0.3) is 10.2 Å². The Morgan fingerprint density at radius 2 is 2.00 bits per heavy atom. The summed E-state index contributed by atoms with van der Waals surface area (Å²) < 4.78 is 1.16. The lowest BCUT2D eigenvalue weighted by Crippen LogP contribution is -2.29. The van der Waals surface area contributed by atoms with E-state index in [-0.39, 0.29) is 6.04 Å². The fourth-order valence-electron chi connectivity index (χ4n) is 2.05. The van der Waals surface area contributed by atoms with E-state index in [2.05, 4.69) is 21.5 Å². The predicted octanol–water partition coefficient (Wildman–Crippen LogP) is 2.55. The first-order chi connectivity index (χ1) is 9.28. The Morgan fingerprint density at radius 1 is 1.16 bits per heavy atom. The maximum absolute atomic E-state index is 5.69. The average molecular weight is 270 g/mol. The molecule has 3 N–H and O–H groups in total. The zero-order valence-electron chi connectivity index (χ0n) is 10.5. The average Bonchev–Trinajstić information content (AvgIpc) is 2.89. The second-order valence-corrected chi connectivity index (χ2v) is 5.35. The Hall–Kier alpha value is -1.82. The van der Waals surface area contributed by atoms with Gasteiger partial charge in [-0.15, -0.1) is 11.3 Å². The zero-order valence-corrected chi connectivity index (χ0v) is 11.3. The standard InChI is InChI=1S/C14H14N4S/c1-9-2-3-10(7-16-9)14(18-15)11-6-13-12(17-8-11)4-5-19-13/h2-8,14,18H,15H2,1H3. The molecule has 3 rings (SSSR count). The van der Waals surface area contributed by atoms with Crippen LogP contribution in [0.15, 0.2) is 42.0 Å². The van der Waals surface area contributed by atoms with Crippen molar-refractivity contribution in [3.05, 3.63) is 58.9 Å². The van der Waals surface area contributed by atoms with Gasteiger partial charge in [0.15, 0.2) is 0 Å². The lowest BCUT2D eigenvalue weighted by molar-refractivity contribution is 0.633. The molecule has 3 aromatic rings. The van der Waals surface area contributed by atoms with E-state index in [0.717, 1.165) is 27.0 Å². The van der Waals surface area contributed by atoms with Crippen molar-refractivity contribution in [2.75, 3.05) is 0 Å². The number of rotatable bonds is 3. The summed E-state index contributed by atoms with van der Waals surface area (Å²) in [4.78, 5) is 8.76. The number of nitrogens with one attached hydrogen (secondary N) is 1. The Morgan fingerprint density at radius 3 is 2.74 bits per heavy atom. The van der Waals surface area contributed by atoms with Crippen LogP contribution in [0.5, 0.6) is 0 Å². The summed E-state index contributed by atoms with van der Waals surface area (Å²) in [6.45, 7) is 1.97. The number of aromatic nitrogens is 2. The maximum atomic E-state index is 5.69. The molecule has 0 fully saturated rings. The topological polar surface area (TPSA) is 63.8 Å². The van der Waals surface area contributed by atoms with Crippen LogP contribution < -0.4 is 11.3 Å². The fraction of sp³-hybridized carbons (Fsp3) is 0.143. The fourth-order valence-corrected chi connectivity index (χ4v) is 2.84. The third-order valence-electron chi connectivity index (χ3n) is 3.09. The molecule has 0 aliphatic heterocycles. The van der Waals surface area contributed by atoms with Gasteiger partial charge >= 0.3 is 0 Å².